The van der Waals surface area contributed by atoms with E-state index < -0.39 is 0 Å². The lowest BCUT2D eigenvalue weighted by Gasteiger charge is -2.27. The number of carbonyl (C=O) groups excluding carboxylic acids is 1. The highest BCUT2D eigenvalue weighted by Crippen LogP contribution is 2.24. The molecule has 0 saturated heterocycles. The van der Waals surface area contributed by atoms with E-state index in [4.69, 9.17) is 10.9 Å². The average molecular weight is 289 g/mol. The molecule has 21 heavy (non-hydrogen) atoms. The number of nitrogens with two attached hydrogens (primary N) is 1. The molecular weight excluding hydrogens is 266 g/mol. The Hall–Kier alpha value is -2.04. The Labute approximate surface area is 125 Å². The van der Waals surface area contributed by atoms with E-state index in [9.17, 15) is 4.79 Å². The van der Waals surface area contributed by atoms with Gasteiger partial charge in [-0.15, -0.1) is 0 Å². The van der Waals surface area contributed by atoms with Crippen LogP contribution in [0.4, 0.5) is 0 Å². The zero-order chi connectivity index (χ0) is 15.2. The van der Waals surface area contributed by atoms with Crippen molar-refractivity contribution in [3.8, 4) is 0 Å². The van der Waals surface area contributed by atoms with Gasteiger partial charge in [0.25, 0.3) is 5.91 Å². The van der Waals surface area contributed by atoms with Gasteiger partial charge in [0.1, 0.15) is 0 Å². The van der Waals surface area contributed by atoms with Crippen LogP contribution < -0.4 is 5.73 Å². The SMILES string of the molecule is CN(CC1CCCCC1)C(=O)c1cccc(C(N)=NO)c1. The molecule has 1 aliphatic rings. The maximum atomic E-state index is 12.5. The van der Waals surface area contributed by atoms with Crippen LogP contribution in [-0.4, -0.2) is 35.4 Å². The lowest BCUT2D eigenvalue weighted by molar-refractivity contribution is 0.0760. The Morgan fingerprint density at radius 2 is 2.00 bits per heavy atom. The Balaban J connectivity index is 2.04. The highest BCUT2D eigenvalue weighted by atomic mass is 16.4. The lowest BCUT2D eigenvalue weighted by Crippen LogP contribution is -2.32. The normalized spacial score (nSPS) is 16.7. The van der Waals surface area contributed by atoms with Crippen molar-refractivity contribution in [2.75, 3.05) is 13.6 Å². The van der Waals surface area contributed by atoms with Crippen molar-refractivity contribution < 1.29 is 10.0 Å². The number of benzene rings is 1. The molecule has 2 rings (SSSR count). The second-order valence-corrected chi connectivity index (χ2v) is 5.76. The van der Waals surface area contributed by atoms with Crippen LogP contribution in [0.1, 0.15) is 48.0 Å². The molecule has 1 aromatic rings. The third-order valence-electron chi connectivity index (χ3n) is 4.12. The third-order valence-corrected chi connectivity index (χ3v) is 4.12. The monoisotopic (exact) mass is 289 g/mol. The van der Waals surface area contributed by atoms with Crippen molar-refractivity contribution in [2.45, 2.75) is 32.1 Å². The van der Waals surface area contributed by atoms with Crippen molar-refractivity contribution in [1.29, 1.82) is 0 Å². The van der Waals surface area contributed by atoms with Gasteiger partial charge in [-0.25, -0.2) is 0 Å². The van der Waals surface area contributed by atoms with Gasteiger partial charge in [-0.2, -0.15) is 0 Å². The topological polar surface area (TPSA) is 78.9 Å². The molecule has 114 valence electrons. The minimum absolute atomic E-state index is 0.0135. The number of hydrogen-bond donors (Lipinski definition) is 2. The molecule has 1 aromatic carbocycles. The summed E-state index contributed by atoms with van der Waals surface area (Å²) >= 11 is 0. The maximum absolute atomic E-state index is 12.5. The van der Waals surface area contributed by atoms with E-state index in [1.807, 2.05) is 7.05 Å². The first kappa shape index (κ1) is 15.4. The molecule has 0 atom stereocenters. The number of nitrogens with zero attached hydrogens (tertiary/aromatic N) is 2. The minimum atomic E-state index is -0.0202. The van der Waals surface area contributed by atoms with Crippen molar-refractivity contribution in [2.24, 2.45) is 16.8 Å². The van der Waals surface area contributed by atoms with Gasteiger partial charge in [0, 0.05) is 24.7 Å². The quantitative estimate of drug-likeness (QED) is 0.387. The number of hydrogen-bond acceptors (Lipinski definition) is 3. The first-order chi connectivity index (χ1) is 10.1. The van der Waals surface area contributed by atoms with E-state index in [1.165, 1.54) is 32.1 Å². The summed E-state index contributed by atoms with van der Waals surface area (Å²) in [5.41, 5.74) is 6.68. The fourth-order valence-electron chi connectivity index (χ4n) is 2.93. The van der Waals surface area contributed by atoms with Gasteiger partial charge in [0.15, 0.2) is 5.84 Å². The van der Waals surface area contributed by atoms with Gasteiger partial charge < -0.3 is 15.8 Å². The molecule has 0 heterocycles. The molecule has 0 bridgehead atoms. The predicted octanol–water partition coefficient (Wildman–Crippen LogP) is 2.43. The van der Waals surface area contributed by atoms with Gasteiger partial charge in [-0.1, -0.05) is 36.6 Å². The molecule has 0 spiro atoms. The smallest absolute Gasteiger partial charge is 0.253 e. The van der Waals surface area contributed by atoms with Gasteiger partial charge >= 0.3 is 0 Å². The van der Waals surface area contributed by atoms with Crippen molar-refractivity contribution in [1.82, 2.24) is 4.90 Å². The number of oxime groups is 1. The number of amides is 1. The second kappa shape index (κ2) is 7.11. The van der Waals surface area contributed by atoms with Crippen molar-refractivity contribution in [3.63, 3.8) is 0 Å². The van der Waals surface area contributed by atoms with E-state index in [-0.39, 0.29) is 11.7 Å². The summed E-state index contributed by atoms with van der Waals surface area (Å²) in [6.45, 7) is 0.798. The molecule has 1 saturated carbocycles. The van der Waals surface area contributed by atoms with E-state index in [1.54, 1.807) is 29.2 Å². The Bertz CT molecular complexity index is 522. The Morgan fingerprint density at radius 1 is 1.33 bits per heavy atom. The van der Waals surface area contributed by atoms with E-state index in [0.29, 0.717) is 17.0 Å². The van der Waals surface area contributed by atoms with Crippen LogP contribution in [0.25, 0.3) is 0 Å². The van der Waals surface area contributed by atoms with E-state index in [2.05, 4.69) is 5.16 Å². The highest BCUT2D eigenvalue weighted by molar-refractivity contribution is 6.01. The summed E-state index contributed by atoms with van der Waals surface area (Å²) in [5.74, 6) is 0.604. The summed E-state index contributed by atoms with van der Waals surface area (Å²) in [5, 5.41) is 11.7. The fourth-order valence-corrected chi connectivity index (χ4v) is 2.93. The van der Waals surface area contributed by atoms with E-state index >= 15 is 0 Å². The van der Waals surface area contributed by atoms with Crippen LogP contribution in [0.3, 0.4) is 0 Å². The molecule has 0 aromatic heterocycles. The highest BCUT2D eigenvalue weighted by Gasteiger charge is 2.19. The molecule has 0 unspecified atom stereocenters. The average Bonchev–Trinajstić information content (AvgIpc) is 2.54. The molecular formula is C16H23N3O2. The first-order valence-corrected chi connectivity index (χ1v) is 7.45. The largest absolute Gasteiger partial charge is 0.409 e. The van der Waals surface area contributed by atoms with Gasteiger partial charge in [0.2, 0.25) is 0 Å². The van der Waals surface area contributed by atoms with Crippen LogP contribution >= 0.6 is 0 Å². The maximum Gasteiger partial charge on any atom is 0.253 e. The summed E-state index contributed by atoms with van der Waals surface area (Å²) in [6.07, 6.45) is 6.27. The zero-order valence-electron chi connectivity index (χ0n) is 12.5. The summed E-state index contributed by atoms with van der Waals surface area (Å²) in [6, 6.07) is 6.88. The van der Waals surface area contributed by atoms with Crippen LogP contribution in [0.5, 0.6) is 0 Å². The molecule has 1 aliphatic carbocycles. The van der Waals surface area contributed by atoms with Crippen LogP contribution in [0.2, 0.25) is 0 Å². The predicted molar refractivity (Wildman–Crippen MR) is 82.5 cm³/mol. The third kappa shape index (κ3) is 3.97. The van der Waals surface area contributed by atoms with Crippen LogP contribution in [0.15, 0.2) is 29.4 Å². The molecule has 5 heteroatoms. The Morgan fingerprint density at radius 3 is 2.67 bits per heavy atom. The number of rotatable bonds is 4. The fraction of sp³-hybridized carbons (Fsp3) is 0.500. The van der Waals surface area contributed by atoms with Gasteiger partial charge in [-0.05, 0) is 30.9 Å². The Kier molecular flexibility index (Phi) is 5.20. The van der Waals surface area contributed by atoms with Gasteiger partial charge in [0.05, 0.1) is 0 Å². The summed E-state index contributed by atoms with van der Waals surface area (Å²) < 4.78 is 0. The van der Waals surface area contributed by atoms with Crippen LogP contribution in [0, 0.1) is 5.92 Å². The van der Waals surface area contributed by atoms with Crippen LogP contribution in [-0.2, 0) is 0 Å². The van der Waals surface area contributed by atoms with Gasteiger partial charge in [-0.3, -0.25) is 4.79 Å². The van der Waals surface area contributed by atoms with Crippen molar-refractivity contribution in [3.05, 3.63) is 35.4 Å². The molecule has 0 radical (unpaired) electrons. The first-order valence-electron chi connectivity index (χ1n) is 7.45. The van der Waals surface area contributed by atoms with Crippen molar-refractivity contribution >= 4 is 11.7 Å². The summed E-state index contributed by atoms with van der Waals surface area (Å²) in [4.78, 5) is 14.2. The molecule has 5 nitrogen and oxygen atoms in total. The number of amidine groups is 1. The second-order valence-electron chi connectivity index (χ2n) is 5.76. The molecule has 1 fully saturated rings. The summed E-state index contributed by atoms with van der Waals surface area (Å²) in [7, 11) is 1.84. The number of carbonyl (C=O) groups is 1. The molecule has 0 aliphatic heterocycles. The standard InChI is InChI=1S/C16H23N3O2/c1-19(11-12-6-3-2-4-7-12)16(20)14-9-5-8-13(10-14)15(17)18-21/h5,8-10,12,21H,2-4,6-7,11H2,1H3,(H2,17,18). The van der Waals surface area contributed by atoms with E-state index in [0.717, 1.165) is 6.54 Å². The molecule has 1 amide bonds. The lowest BCUT2D eigenvalue weighted by atomic mass is 9.89. The minimum Gasteiger partial charge on any atom is -0.409 e. The zero-order valence-corrected chi connectivity index (χ0v) is 12.5. The molecule has 3 N–H and O–H groups in total.